The fourth-order valence-corrected chi connectivity index (χ4v) is 3.98. The molecule has 7 nitrogen and oxygen atoms in total. The maximum Gasteiger partial charge on any atom is 0.326 e. The average molecular weight is 362 g/mol. The Morgan fingerprint density at radius 1 is 1.48 bits per heavy atom. The van der Waals surface area contributed by atoms with E-state index >= 15 is 0 Å². The molecule has 0 bridgehead atoms. The summed E-state index contributed by atoms with van der Waals surface area (Å²) in [6, 6.07) is 1.19. The van der Waals surface area contributed by atoms with E-state index in [0.29, 0.717) is 19.4 Å². The van der Waals surface area contributed by atoms with E-state index in [1.165, 1.54) is 0 Å². The molecule has 8 heteroatoms. The molecule has 2 atom stereocenters. The summed E-state index contributed by atoms with van der Waals surface area (Å²) in [5, 5.41) is 14.9. The smallest absolute Gasteiger partial charge is 0.326 e. The average Bonchev–Trinajstić information content (AvgIpc) is 3.10. The van der Waals surface area contributed by atoms with Crippen LogP contribution in [0.4, 0.5) is 5.82 Å². The van der Waals surface area contributed by atoms with Crippen molar-refractivity contribution < 1.29 is 14.7 Å². The number of piperidine rings is 1. The summed E-state index contributed by atoms with van der Waals surface area (Å²) in [6.07, 6.45) is 4.35. The van der Waals surface area contributed by atoms with E-state index in [1.54, 1.807) is 17.7 Å². The molecule has 0 saturated carbocycles. The Morgan fingerprint density at radius 3 is 3.08 bits per heavy atom. The normalized spacial score (nSPS) is 18.9. The molecule has 1 aliphatic rings. The SMILES string of the molecule is CCCC(NC(=O)C1CCCN(c2ncnc3sccc23)C1)C(=O)O. The van der Waals surface area contributed by atoms with Crippen molar-refractivity contribution in [3.63, 3.8) is 0 Å². The number of nitrogens with zero attached hydrogens (tertiary/aromatic N) is 3. The van der Waals surface area contributed by atoms with Gasteiger partial charge in [0.2, 0.25) is 5.91 Å². The van der Waals surface area contributed by atoms with Crippen LogP contribution in [0.15, 0.2) is 17.8 Å². The molecule has 0 spiro atoms. The van der Waals surface area contributed by atoms with Crippen LogP contribution in [0.5, 0.6) is 0 Å². The predicted molar refractivity (Wildman–Crippen MR) is 96.8 cm³/mol. The first-order chi connectivity index (χ1) is 12.1. The number of carbonyl (C=O) groups excluding carboxylic acids is 1. The third-order valence-electron chi connectivity index (χ3n) is 4.52. The monoisotopic (exact) mass is 362 g/mol. The fraction of sp³-hybridized carbons (Fsp3) is 0.529. The Morgan fingerprint density at radius 2 is 2.32 bits per heavy atom. The molecule has 2 aromatic heterocycles. The van der Waals surface area contributed by atoms with Crippen molar-refractivity contribution in [2.24, 2.45) is 5.92 Å². The van der Waals surface area contributed by atoms with E-state index in [9.17, 15) is 14.7 Å². The minimum atomic E-state index is -0.973. The van der Waals surface area contributed by atoms with Crippen LogP contribution in [0.25, 0.3) is 10.2 Å². The summed E-state index contributed by atoms with van der Waals surface area (Å²) in [4.78, 5) is 35.5. The van der Waals surface area contributed by atoms with E-state index in [2.05, 4.69) is 20.2 Å². The molecule has 2 aromatic rings. The van der Waals surface area contributed by atoms with Crippen molar-refractivity contribution in [1.29, 1.82) is 0 Å². The number of aliphatic carboxylic acids is 1. The zero-order valence-corrected chi connectivity index (χ0v) is 15.0. The van der Waals surface area contributed by atoms with Crippen LogP contribution in [-0.4, -0.2) is 46.1 Å². The number of hydrogen-bond acceptors (Lipinski definition) is 6. The number of aromatic nitrogens is 2. The zero-order chi connectivity index (χ0) is 17.8. The summed E-state index contributed by atoms with van der Waals surface area (Å²) in [7, 11) is 0. The summed E-state index contributed by atoms with van der Waals surface area (Å²) >= 11 is 1.57. The van der Waals surface area contributed by atoms with Gasteiger partial charge in [-0.25, -0.2) is 14.8 Å². The first kappa shape index (κ1) is 17.6. The van der Waals surface area contributed by atoms with Gasteiger partial charge in [-0.3, -0.25) is 4.79 Å². The van der Waals surface area contributed by atoms with Crippen molar-refractivity contribution >= 4 is 39.2 Å². The largest absolute Gasteiger partial charge is 0.480 e. The van der Waals surface area contributed by atoms with Gasteiger partial charge in [-0.1, -0.05) is 13.3 Å². The Kier molecular flexibility index (Phi) is 5.47. The van der Waals surface area contributed by atoms with E-state index in [1.807, 2.05) is 18.4 Å². The second-order valence-corrected chi connectivity index (χ2v) is 7.20. The minimum absolute atomic E-state index is 0.179. The third kappa shape index (κ3) is 3.89. The molecule has 2 unspecified atom stereocenters. The van der Waals surface area contributed by atoms with Gasteiger partial charge in [0.05, 0.1) is 11.3 Å². The van der Waals surface area contributed by atoms with Gasteiger partial charge in [0.25, 0.3) is 0 Å². The molecular weight excluding hydrogens is 340 g/mol. The number of anilines is 1. The van der Waals surface area contributed by atoms with Gasteiger partial charge in [0.15, 0.2) is 0 Å². The standard InChI is InChI=1S/C17H22N4O3S/c1-2-4-13(17(23)24)20-15(22)11-5-3-7-21(9-11)14-12-6-8-25-16(12)19-10-18-14/h6,8,10-11,13H,2-5,7,9H2,1H3,(H,20,22)(H,23,24). The second kappa shape index (κ2) is 7.77. The van der Waals surface area contributed by atoms with Crippen molar-refractivity contribution in [1.82, 2.24) is 15.3 Å². The number of carboxylic acid groups (broad SMARTS) is 1. The highest BCUT2D eigenvalue weighted by molar-refractivity contribution is 7.16. The van der Waals surface area contributed by atoms with E-state index in [4.69, 9.17) is 0 Å². The topological polar surface area (TPSA) is 95.4 Å². The highest BCUT2D eigenvalue weighted by Gasteiger charge is 2.30. The van der Waals surface area contributed by atoms with Crippen molar-refractivity contribution in [2.45, 2.75) is 38.6 Å². The van der Waals surface area contributed by atoms with Gasteiger partial charge in [-0.15, -0.1) is 11.3 Å². The molecule has 1 aliphatic heterocycles. The van der Waals surface area contributed by atoms with Gasteiger partial charge in [-0.05, 0) is 30.7 Å². The first-order valence-electron chi connectivity index (χ1n) is 8.56. The highest BCUT2D eigenvalue weighted by atomic mass is 32.1. The van der Waals surface area contributed by atoms with Gasteiger partial charge in [0.1, 0.15) is 23.0 Å². The van der Waals surface area contributed by atoms with Crippen LogP contribution < -0.4 is 10.2 Å². The number of rotatable bonds is 6. The van der Waals surface area contributed by atoms with Crippen LogP contribution in [0.2, 0.25) is 0 Å². The van der Waals surface area contributed by atoms with E-state index in [0.717, 1.165) is 35.4 Å². The summed E-state index contributed by atoms with van der Waals surface area (Å²) < 4.78 is 0. The van der Waals surface area contributed by atoms with Crippen LogP contribution in [0.3, 0.4) is 0 Å². The highest BCUT2D eigenvalue weighted by Crippen LogP contribution is 2.30. The molecule has 25 heavy (non-hydrogen) atoms. The Hall–Kier alpha value is -2.22. The van der Waals surface area contributed by atoms with Crippen molar-refractivity contribution in [3.8, 4) is 0 Å². The number of nitrogens with one attached hydrogen (secondary N) is 1. The van der Waals surface area contributed by atoms with Crippen LogP contribution in [0, 0.1) is 5.92 Å². The lowest BCUT2D eigenvalue weighted by Gasteiger charge is -2.33. The molecule has 0 aliphatic carbocycles. The fourth-order valence-electron chi connectivity index (χ4n) is 3.25. The molecule has 0 aromatic carbocycles. The lowest BCUT2D eigenvalue weighted by molar-refractivity contribution is -0.142. The molecule has 3 heterocycles. The van der Waals surface area contributed by atoms with Crippen molar-refractivity contribution in [3.05, 3.63) is 17.8 Å². The van der Waals surface area contributed by atoms with Gasteiger partial charge in [0, 0.05) is 13.1 Å². The number of hydrogen-bond donors (Lipinski definition) is 2. The predicted octanol–water partition coefficient (Wildman–Crippen LogP) is 2.28. The van der Waals surface area contributed by atoms with E-state index in [-0.39, 0.29) is 11.8 Å². The Balaban J connectivity index is 1.71. The van der Waals surface area contributed by atoms with E-state index < -0.39 is 12.0 Å². The molecule has 1 fully saturated rings. The van der Waals surface area contributed by atoms with Crippen molar-refractivity contribution in [2.75, 3.05) is 18.0 Å². The minimum Gasteiger partial charge on any atom is -0.480 e. The Bertz CT molecular complexity index is 763. The van der Waals surface area contributed by atoms with Gasteiger partial charge < -0.3 is 15.3 Å². The molecule has 134 valence electrons. The number of thiophene rings is 1. The quantitative estimate of drug-likeness (QED) is 0.818. The van der Waals surface area contributed by atoms with Crippen LogP contribution in [-0.2, 0) is 9.59 Å². The van der Waals surface area contributed by atoms with Gasteiger partial charge in [-0.2, -0.15) is 0 Å². The molecular formula is C17H22N4O3S. The molecule has 0 radical (unpaired) electrons. The lowest BCUT2D eigenvalue weighted by atomic mass is 9.96. The lowest BCUT2D eigenvalue weighted by Crippen LogP contribution is -2.48. The number of amides is 1. The number of fused-ring (bicyclic) bond motifs is 1. The number of carbonyl (C=O) groups is 2. The zero-order valence-electron chi connectivity index (χ0n) is 14.1. The number of carboxylic acids is 1. The second-order valence-electron chi connectivity index (χ2n) is 6.31. The summed E-state index contributed by atoms with van der Waals surface area (Å²) in [6.45, 7) is 3.29. The molecule has 1 amide bonds. The third-order valence-corrected chi connectivity index (χ3v) is 5.35. The maximum absolute atomic E-state index is 12.5. The molecule has 1 saturated heterocycles. The Labute approximate surface area is 150 Å². The molecule has 3 rings (SSSR count). The van der Waals surface area contributed by atoms with Crippen LogP contribution in [0.1, 0.15) is 32.6 Å². The summed E-state index contributed by atoms with van der Waals surface area (Å²) in [5.41, 5.74) is 0. The van der Waals surface area contributed by atoms with Crippen LogP contribution >= 0.6 is 11.3 Å². The molecule has 2 N–H and O–H groups in total. The summed E-state index contributed by atoms with van der Waals surface area (Å²) in [5.74, 6) is -0.525. The maximum atomic E-state index is 12.5. The first-order valence-corrected chi connectivity index (χ1v) is 9.44. The van der Waals surface area contributed by atoms with Gasteiger partial charge >= 0.3 is 5.97 Å².